The van der Waals surface area contributed by atoms with E-state index in [1.165, 1.54) is 7.11 Å². The zero-order valence-electron chi connectivity index (χ0n) is 10.6. The van der Waals surface area contributed by atoms with Crippen LogP contribution in [0, 0.1) is 6.92 Å². The second-order valence-corrected chi connectivity index (χ2v) is 4.77. The van der Waals surface area contributed by atoms with Gasteiger partial charge in [0, 0.05) is 4.47 Å². The van der Waals surface area contributed by atoms with Crippen LogP contribution in [0.15, 0.2) is 40.9 Å². The molecule has 0 radical (unpaired) electrons. The highest BCUT2D eigenvalue weighted by Crippen LogP contribution is 2.20. The molecule has 0 saturated heterocycles. The molecule has 19 heavy (non-hydrogen) atoms. The quantitative estimate of drug-likeness (QED) is 0.942. The smallest absolute Gasteiger partial charge is 0.260 e. The highest BCUT2D eigenvalue weighted by molar-refractivity contribution is 9.10. The molecular formula is C14H13BrN2O2. The minimum atomic E-state index is -0.244. The third-order valence-corrected chi connectivity index (χ3v) is 3.45. The van der Waals surface area contributed by atoms with Crippen molar-refractivity contribution in [3.8, 4) is 5.75 Å². The molecule has 4 nitrogen and oxygen atoms in total. The predicted octanol–water partition coefficient (Wildman–Crippen LogP) is 3.41. The van der Waals surface area contributed by atoms with Crippen LogP contribution in [0.3, 0.4) is 0 Å². The lowest BCUT2D eigenvalue weighted by atomic mass is 10.2. The average molecular weight is 321 g/mol. The second kappa shape index (κ2) is 5.84. The van der Waals surface area contributed by atoms with Gasteiger partial charge in [-0.25, -0.2) is 4.98 Å². The number of hydrogen-bond donors (Lipinski definition) is 1. The molecule has 2 aromatic rings. The van der Waals surface area contributed by atoms with E-state index in [0.29, 0.717) is 17.1 Å². The lowest BCUT2D eigenvalue weighted by molar-refractivity contribution is 0.102. The number of nitrogens with zero attached hydrogens (tertiary/aromatic N) is 1. The van der Waals surface area contributed by atoms with Crippen LogP contribution in [0.25, 0.3) is 0 Å². The van der Waals surface area contributed by atoms with E-state index in [2.05, 4.69) is 26.2 Å². The molecule has 0 atom stereocenters. The van der Waals surface area contributed by atoms with Crippen LogP contribution in [0.1, 0.15) is 16.1 Å². The molecular weight excluding hydrogens is 308 g/mol. The molecule has 0 fully saturated rings. The maximum Gasteiger partial charge on any atom is 0.260 e. The van der Waals surface area contributed by atoms with Gasteiger partial charge < -0.3 is 10.1 Å². The lowest BCUT2D eigenvalue weighted by Gasteiger charge is -2.09. The largest absolute Gasteiger partial charge is 0.496 e. The molecule has 0 aliphatic heterocycles. The summed E-state index contributed by atoms with van der Waals surface area (Å²) in [6.07, 6.45) is 0. The molecule has 1 aromatic heterocycles. The van der Waals surface area contributed by atoms with Crippen LogP contribution in [-0.2, 0) is 0 Å². The van der Waals surface area contributed by atoms with E-state index in [9.17, 15) is 4.79 Å². The third kappa shape index (κ3) is 3.12. The number of pyridine rings is 1. The molecule has 1 N–H and O–H groups in total. The SMILES string of the molecule is COc1ccccc1C(=O)Nc1ccc(Br)c(C)n1. The Bertz CT molecular complexity index is 614. The van der Waals surface area contributed by atoms with Gasteiger partial charge in [-0.3, -0.25) is 4.79 Å². The summed E-state index contributed by atoms with van der Waals surface area (Å²) in [7, 11) is 1.54. The number of nitrogens with one attached hydrogen (secondary N) is 1. The first-order chi connectivity index (χ1) is 9.11. The van der Waals surface area contributed by atoms with E-state index in [0.717, 1.165) is 10.2 Å². The van der Waals surface area contributed by atoms with Crippen LogP contribution < -0.4 is 10.1 Å². The van der Waals surface area contributed by atoms with Gasteiger partial charge in [-0.2, -0.15) is 0 Å². The van der Waals surface area contributed by atoms with E-state index >= 15 is 0 Å². The van der Waals surface area contributed by atoms with Crippen LogP contribution in [0.4, 0.5) is 5.82 Å². The van der Waals surface area contributed by atoms with Crippen molar-refractivity contribution in [3.05, 3.63) is 52.1 Å². The van der Waals surface area contributed by atoms with Crippen LogP contribution in [-0.4, -0.2) is 18.0 Å². The van der Waals surface area contributed by atoms with Crippen molar-refractivity contribution < 1.29 is 9.53 Å². The van der Waals surface area contributed by atoms with Crippen LogP contribution >= 0.6 is 15.9 Å². The fourth-order valence-electron chi connectivity index (χ4n) is 1.63. The van der Waals surface area contributed by atoms with Crippen molar-refractivity contribution in [2.24, 2.45) is 0 Å². The molecule has 0 saturated carbocycles. The van der Waals surface area contributed by atoms with Crippen molar-refractivity contribution in [2.45, 2.75) is 6.92 Å². The number of benzene rings is 1. The number of hydrogen-bond acceptors (Lipinski definition) is 3. The summed E-state index contributed by atoms with van der Waals surface area (Å²) in [4.78, 5) is 16.4. The van der Waals surface area contributed by atoms with Gasteiger partial charge >= 0.3 is 0 Å². The first-order valence-electron chi connectivity index (χ1n) is 5.69. The predicted molar refractivity (Wildman–Crippen MR) is 77.6 cm³/mol. The Hall–Kier alpha value is -1.88. The number of carbonyl (C=O) groups excluding carboxylic acids is 1. The topological polar surface area (TPSA) is 51.2 Å². The first kappa shape index (κ1) is 13.5. The summed E-state index contributed by atoms with van der Waals surface area (Å²) in [6.45, 7) is 1.86. The van der Waals surface area contributed by atoms with Crippen molar-refractivity contribution in [3.63, 3.8) is 0 Å². The monoisotopic (exact) mass is 320 g/mol. The zero-order chi connectivity index (χ0) is 13.8. The number of aromatic nitrogens is 1. The Balaban J connectivity index is 2.23. The Labute approximate surface area is 119 Å². The minimum Gasteiger partial charge on any atom is -0.496 e. The van der Waals surface area contributed by atoms with Gasteiger partial charge in [0.1, 0.15) is 11.6 Å². The minimum absolute atomic E-state index is 0.244. The third-order valence-electron chi connectivity index (χ3n) is 2.61. The molecule has 2 rings (SSSR count). The summed E-state index contributed by atoms with van der Waals surface area (Å²) in [5, 5.41) is 2.75. The summed E-state index contributed by atoms with van der Waals surface area (Å²) >= 11 is 3.37. The lowest BCUT2D eigenvalue weighted by Crippen LogP contribution is -2.14. The number of para-hydroxylation sites is 1. The molecule has 1 heterocycles. The van der Waals surface area contributed by atoms with E-state index < -0.39 is 0 Å². The Morgan fingerprint density at radius 3 is 2.68 bits per heavy atom. The number of carbonyl (C=O) groups is 1. The highest BCUT2D eigenvalue weighted by Gasteiger charge is 2.12. The molecule has 0 bridgehead atoms. The fraction of sp³-hybridized carbons (Fsp3) is 0.143. The number of ether oxygens (including phenoxy) is 1. The summed E-state index contributed by atoms with van der Waals surface area (Å²) in [6, 6.07) is 10.6. The Morgan fingerprint density at radius 2 is 2.00 bits per heavy atom. The van der Waals surface area contributed by atoms with E-state index in [1.807, 2.05) is 19.1 Å². The van der Waals surface area contributed by atoms with E-state index in [1.54, 1.807) is 24.3 Å². The molecule has 1 aromatic carbocycles. The summed E-state index contributed by atoms with van der Waals surface area (Å²) in [5.74, 6) is 0.803. The van der Waals surface area contributed by atoms with Gasteiger partial charge in [-0.05, 0) is 47.1 Å². The molecule has 0 unspecified atom stereocenters. The van der Waals surface area contributed by atoms with Gasteiger partial charge in [-0.15, -0.1) is 0 Å². The van der Waals surface area contributed by atoms with Crippen molar-refractivity contribution >= 4 is 27.7 Å². The summed E-state index contributed by atoms with van der Waals surface area (Å²) in [5.41, 5.74) is 1.30. The van der Waals surface area contributed by atoms with E-state index in [-0.39, 0.29) is 5.91 Å². The molecule has 0 aliphatic carbocycles. The van der Waals surface area contributed by atoms with Crippen LogP contribution in [0.2, 0.25) is 0 Å². The van der Waals surface area contributed by atoms with Crippen molar-refractivity contribution in [1.29, 1.82) is 0 Å². The average Bonchev–Trinajstić information content (AvgIpc) is 2.43. The molecule has 5 heteroatoms. The van der Waals surface area contributed by atoms with Gasteiger partial charge in [0.05, 0.1) is 18.4 Å². The molecule has 1 amide bonds. The van der Waals surface area contributed by atoms with Gasteiger partial charge in [0.15, 0.2) is 0 Å². The van der Waals surface area contributed by atoms with E-state index in [4.69, 9.17) is 4.74 Å². The number of halogens is 1. The van der Waals surface area contributed by atoms with Crippen molar-refractivity contribution in [1.82, 2.24) is 4.98 Å². The maximum atomic E-state index is 12.1. The number of methoxy groups -OCH3 is 1. The molecule has 98 valence electrons. The van der Waals surface area contributed by atoms with Crippen molar-refractivity contribution in [2.75, 3.05) is 12.4 Å². The number of aryl methyl sites for hydroxylation is 1. The Kier molecular flexibility index (Phi) is 4.16. The highest BCUT2D eigenvalue weighted by atomic mass is 79.9. The number of rotatable bonds is 3. The van der Waals surface area contributed by atoms with Crippen LogP contribution in [0.5, 0.6) is 5.75 Å². The standard InChI is InChI=1S/C14H13BrN2O2/c1-9-11(15)7-8-13(16-9)17-14(18)10-5-3-4-6-12(10)19-2/h3-8H,1-2H3,(H,16,17,18). The fourth-order valence-corrected chi connectivity index (χ4v) is 1.85. The number of anilines is 1. The first-order valence-corrected chi connectivity index (χ1v) is 6.48. The second-order valence-electron chi connectivity index (χ2n) is 3.92. The van der Waals surface area contributed by atoms with Gasteiger partial charge in [0.2, 0.25) is 0 Å². The van der Waals surface area contributed by atoms with Gasteiger partial charge in [-0.1, -0.05) is 12.1 Å². The van der Waals surface area contributed by atoms with Gasteiger partial charge in [0.25, 0.3) is 5.91 Å². The Morgan fingerprint density at radius 1 is 1.26 bits per heavy atom. The normalized spacial score (nSPS) is 10.1. The number of amides is 1. The summed E-state index contributed by atoms with van der Waals surface area (Å²) < 4.78 is 6.06. The maximum absolute atomic E-state index is 12.1. The molecule has 0 aliphatic rings. The molecule has 0 spiro atoms. The zero-order valence-corrected chi connectivity index (χ0v) is 12.2.